The molecule has 1 N–H and O–H groups in total. The van der Waals surface area contributed by atoms with Crippen LogP contribution in [0.25, 0.3) is 0 Å². The lowest BCUT2D eigenvalue weighted by molar-refractivity contribution is 0.0692. The smallest absolute Gasteiger partial charge is 0.261 e. The standard InChI is InChI=1S/C17H12N2O5/c1-19-16(21)11-4-3-10(7-12(11)17(19)22)18-15(20)9-2-5-13-14(6-9)24-8-23-13/h2-7H,8H2,1H3,(H,18,20). The van der Waals surface area contributed by atoms with Crippen LogP contribution in [0.15, 0.2) is 36.4 Å². The zero-order chi connectivity index (χ0) is 16.8. The number of nitrogens with zero attached hydrogens (tertiary/aromatic N) is 1. The van der Waals surface area contributed by atoms with Gasteiger partial charge in [0.25, 0.3) is 17.7 Å². The van der Waals surface area contributed by atoms with E-state index < -0.39 is 0 Å². The van der Waals surface area contributed by atoms with E-state index in [9.17, 15) is 14.4 Å². The van der Waals surface area contributed by atoms with Crippen LogP contribution >= 0.6 is 0 Å². The Kier molecular flexibility index (Phi) is 3.02. The molecule has 0 saturated heterocycles. The molecule has 2 aromatic rings. The summed E-state index contributed by atoms with van der Waals surface area (Å²) in [5.74, 6) is 0.0337. The predicted octanol–water partition coefficient (Wildman–Crippen LogP) is 1.89. The molecule has 7 nitrogen and oxygen atoms in total. The van der Waals surface area contributed by atoms with Gasteiger partial charge in [-0.05, 0) is 36.4 Å². The first-order valence-electron chi connectivity index (χ1n) is 7.22. The Hall–Kier alpha value is -3.35. The molecule has 4 rings (SSSR count). The van der Waals surface area contributed by atoms with Gasteiger partial charge in [-0.15, -0.1) is 0 Å². The topological polar surface area (TPSA) is 84.9 Å². The van der Waals surface area contributed by atoms with E-state index in [0.29, 0.717) is 28.3 Å². The third-order valence-corrected chi connectivity index (χ3v) is 3.98. The minimum atomic E-state index is -0.380. The molecule has 3 amide bonds. The van der Waals surface area contributed by atoms with E-state index in [-0.39, 0.29) is 30.1 Å². The highest BCUT2D eigenvalue weighted by atomic mass is 16.7. The number of carbonyl (C=O) groups excluding carboxylic acids is 3. The van der Waals surface area contributed by atoms with Crippen molar-refractivity contribution >= 4 is 23.4 Å². The number of imide groups is 1. The first-order chi connectivity index (χ1) is 11.5. The zero-order valence-electron chi connectivity index (χ0n) is 12.7. The maximum absolute atomic E-state index is 12.4. The summed E-state index contributed by atoms with van der Waals surface area (Å²) < 4.78 is 10.5. The van der Waals surface area contributed by atoms with Crippen molar-refractivity contribution in [1.82, 2.24) is 4.90 Å². The van der Waals surface area contributed by atoms with Crippen LogP contribution in [0, 0.1) is 0 Å². The maximum atomic E-state index is 12.4. The van der Waals surface area contributed by atoms with Crippen molar-refractivity contribution in [3.05, 3.63) is 53.1 Å². The highest BCUT2D eigenvalue weighted by Crippen LogP contribution is 2.33. The van der Waals surface area contributed by atoms with Gasteiger partial charge in [-0.1, -0.05) is 0 Å². The molecular formula is C17H12N2O5. The Morgan fingerprint density at radius 3 is 2.58 bits per heavy atom. The molecule has 0 unspecified atom stereocenters. The molecule has 0 spiro atoms. The number of carbonyl (C=O) groups is 3. The molecule has 2 aliphatic heterocycles. The molecule has 0 aromatic heterocycles. The number of benzene rings is 2. The van der Waals surface area contributed by atoms with Crippen molar-refractivity contribution in [2.24, 2.45) is 0 Å². The van der Waals surface area contributed by atoms with Gasteiger partial charge < -0.3 is 14.8 Å². The Balaban J connectivity index is 1.59. The lowest BCUT2D eigenvalue weighted by Gasteiger charge is -2.07. The van der Waals surface area contributed by atoms with Crippen LogP contribution in [-0.2, 0) is 0 Å². The lowest BCUT2D eigenvalue weighted by atomic mass is 10.1. The summed E-state index contributed by atoms with van der Waals surface area (Å²) in [5, 5.41) is 2.71. The summed E-state index contributed by atoms with van der Waals surface area (Å²) in [6, 6.07) is 9.51. The van der Waals surface area contributed by atoms with E-state index in [1.54, 1.807) is 24.3 Å². The van der Waals surface area contributed by atoms with Crippen molar-refractivity contribution in [2.75, 3.05) is 19.2 Å². The molecule has 0 radical (unpaired) electrons. The van der Waals surface area contributed by atoms with E-state index in [1.807, 2.05) is 0 Å². The lowest BCUT2D eigenvalue weighted by Crippen LogP contribution is -2.24. The van der Waals surface area contributed by atoms with Crippen molar-refractivity contribution in [3.63, 3.8) is 0 Å². The summed E-state index contributed by atoms with van der Waals surface area (Å²) in [6.45, 7) is 0.134. The number of hydrogen-bond donors (Lipinski definition) is 1. The Morgan fingerprint density at radius 1 is 1.00 bits per heavy atom. The van der Waals surface area contributed by atoms with Crippen LogP contribution in [0.5, 0.6) is 11.5 Å². The SMILES string of the molecule is CN1C(=O)c2ccc(NC(=O)c3ccc4c(c3)OCO4)cc2C1=O. The van der Waals surface area contributed by atoms with E-state index in [0.717, 1.165) is 4.90 Å². The van der Waals surface area contributed by atoms with Crippen LogP contribution < -0.4 is 14.8 Å². The number of anilines is 1. The fourth-order valence-corrected chi connectivity index (χ4v) is 2.68. The number of nitrogens with one attached hydrogen (secondary N) is 1. The van der Waals surface area contributed by atoms with Gasteiger partial charge in [0.05, 0.1) is 11.1 Å². The number of hydrogen-bond acceptors (Lipinski definition) is 5. The molecule has 0 bridgehead atoms. The fraction of sp³-hybridized carbons (Fsp3) is 0.118. The van der Waals surface area contributed by atoms with Gasteiger partial charge in [0.15, 0.2) is 11.5 Å². The van der Waals surface area contributed by atoms with Crippen molar-refractivity contribution in [2.45, 2.75) is 0 Å². The summed E-state index contributed by atoms with van der Waals surface area (Å²) in [4.78, 5) is 37.3. The number of amides is 3. The summed E-state index contributed by atoms with van der Waals surface area (Å²) in [6.07, 6.45) is 0. The second-order valence-electron chi connectivity index (χ2n) is 5.45. The number of ether oxygens (including phenoxy) is 2. The van der Waals surface area contributed by atoms with E-state index >= 15 is 0 Å². The van der Waals surface area contributed by atoms with Crippen molar-refractivity contribution < 1.29 is 23.9 Å². The molecule has 2 heterocycles. The average molecular weight is 324 g/mol. The first kappa shape index (κ1) is 14.3. The molecule has 120 valence electrons. The van der Waals surface area contributed by atoms with Gasteiger partial charge in [-0.3, -0.25) is 19.3 Å². The highest BCUT2D eigenvalue weighted by Gasteiger charge is 2.32. The molecule has 0 atom stereocenters. The molecular weight excluding hydrogens is 312 g/mol. The molecule has 2 aliphatic rings. The second kappa shape index (κ2) is 5.09. The Labute approximate surface area is 136 Å². The Morgan fingerprint density at radius 2 is 1.75 bits per heavy atom. The third kappa shape index (κ3) is 2.10. The minimum absolute atomic E-state index is 0.134. The van der Waals surface area contributed by atoms with Gasteiger partial charge in [0.2, 0.25) is 6.79 Å². The van der Waals surface area contributed by atoms with Crippen LogP contribution in [0.4, 0.5) is 5.69 Å². The quantitative estimate of drug-likeness (QED) is 0.853. The van der Waals surface area contributed by atoms with Crippen molar-refractivity contribution in [1.29, 1.82) is 0 Å². The van der Waals surface area contributed by atoms with Crippen LogP contribution in [0.3, 0.4) is 0 Å². The summed E-state index contributed by atoms with van der Waals surface area (Å²) in [7, 11) is 1.43. The van der Waals surface area contributed by atoms with Gasteiger partial charge in [0.1, 0.15) is 0 Å². The highest BCUT2D eigenvalue weighted by molar-refractivity contribution is 6.21. The maximum Gasteiger partial charge on any atom is 0.261 e. The minimum Gasteiger partial charge on any atom is -0.454 e. The normalized spacial score (nSPS) is 14.8. The second-order valence-corrected chi connectivity index (χ2v) is 5.45. The summed E-state index contributed by atoms with van der Waals surface area (Å²) >= 11 is 0. The van der Waals surface area contributed by atoms with Crippen LogP contribution in [0.2, 0.25) is 0 Å². The van der Waals surface area contributed by atoms with E-state index in [4.69, 9.17) is 9.47 Å². The zero-order valence-corrected chi connectivity index (χ0v) is 12.7. The fourth-order valence-electron chi connectivity index (χ4n) is 2.68. The number of rotatable bonds is 2. The average Bonchev–Trinajstić information content (AvgIpc) is 3.14. The predicted molar refractivity (Wildman–Crippen MR) is 83.4 cm³/mol. The van der Waals surface area contributed by atoms with Crippen LogP contribution in [-0.4, -0.2) is 36.5 Å². The van der Waals surface area contributed by atoms with Gasteiger partial charge in [-0.25, -0.2) is 0 Å². The van der Waals surface area contributed by atoms with Crippen LogP contribution in [0.1, 0.15) is 31.1 Å². The third-order valence-electron chi connectivity index (χ3n) is 3.98. The Bertz CT molecular complexity index is 906. The monoisotopic (exact) mass is 324 g/mol. The van der Waals surface area contributed by atoms with Crippen molar-refractivity contribution in [3.8, 4) is 11.5 Å². The molecule has 7 heteroatoms. The molecule has 2 aromatic carbocycles. The first-order valence-corrected chi connectivity index (χ1v) is 7.22. The van der Waals surface area contributed by atoms with Gasteiger partial charge >= 0.3 is 0 Å². The van der Waals surface area contributed by atoms with Gasteiger partial charge in [0, 0.05) is 18.3 Å². The van der Waals surface area contributed by atoms with E-state index in [2.05, 4.69) is 5.32 Å². The van der Waals surface area contributed by atoms with E-state index in [1.165, 1.54) is 19.2 Å². The number of fused-ring (bicyclic) bond motifs is 2. The molecule has 24 heavy (non-hydrogen) atoms. The van der Waals surface area contributed by atoms with Gasteiger partial charge in [-0.2, -0.15) is 0 Å². The molecule has 0 fully saturated rings. The molecule has 0 aliphatic carbocycles. The summed E-state index contributed by atoms with van der Waals surface area (Å²) in [5.41, 5.74) is 1.46. The molecule has 0 saturated carbocycles. The largest absolute Gasteiger partial charge is 0.454 e.